The molecule has 2 heteroatoms. The number of hydrogen-bond acceptors (Lipinski definition) is 2. The monoisotopic (exact) mass is 253 g/mol. The van der Waals surface area contributed by atoms with Crippen LogP contribution in [-0.2, 0) is 6.54 Å². The Labute approximate surface area is 116 Å². The van der Waals surface area contributed by atoms with E-state index in [2.05, 4.69) is 64.8 Å². The van der Waals surface area contributed by atoms with Crippen LogP contribution in [0.5, 0.6) is 0 Å². The molecule has 0 bridgehead atoms. The summed E-state index contributed by atoms with van der Waals surface area (Å²) in [4.78, 5) is 5.04. The highest BCUT2D eigenvalue weighted by Crippen LogP contribution is 2.17. The fraction of sp³-hybridized carbons (Fsp3) is 0.353. The van der Waals surface area contributed by atoms with Gasteiger partial charge >= 0.3 is 0 Å². The van der Waals surface area contributed by atoms with Gasteiger partial charge in [-0.2, -0.15) is 0 Å². The molecule has 1 fully saturated rings. The van der Waals surface area contributed by atoms with E-state index in [0.29, 0.717) is 0 Å². The van der Waals surface area contributed by atoms with Crippen LogP contribution in [0.15, 0.2) is 54.3 Å². The summed E-state index contributed by atoms with van der Waals surface area (Å²) in [6, 6.07) is 10.8. The summed E-state index contributed by atoms with van der Waals surface area (Å²) in [5.41, 5.74) is 2.80. The Morgan fingerprint density at radius 1 is 0.947 bits per heavy atom. The zero-order valence-electron chi connectivity index (χ0n) is 11.3. The normalized spacial score (nSPS) is 20.4. The first kappa shape index (κ1) is 12.5. The number of nitrogens with zero attached hydrogens (tertiary/aromatic N) is 2. The largest absolute Gasteiger partial charge is 0.369 e. The van der Waals surface area contributed by atoms with Crippen molar-refractivity contribution in [2.45, 2.75) is 13.0 Å². The van der Waals surface area contributed by atoms with Crippen molar-refractivity contribution >= 4 is 0 Å². The highest BCUT2D eigenvalue weighted by Gasteiger charge is 2.18. The van der Waals surface area contributed by atoms with Crippen molar-refractivity contribution in [2.75, 3.05) is 26.2 Å². The molecule has 1 heterocycles. The predicted molar refractivity (Wildman–Crippen MR) is 79.4 cm³/mol. The highest BCUT2D eigenvalue weighted by molar-refractivity contribution is 5.26. The Balaban J connectivity index is 1.52. The summed E-state index contributed by atoms with van der Waals surface area (Å²) >= 11 is 0. The van der Waals surface area contributed by atoms with E-state index in [-0.39, 0.29) is 0 Å². The molecule has 0 unspecified atom stereocenters. The second kappa shape index (κ2) is 6.07. The molecule has 0 aromatic heterocycles. The van der Waals surface area contributed by atoms with Crippen molar-refractivity contribution in [3.8, 4) is 0 Å². The second-order valence-electron chi connectivity index (χ2n) is 5.21. The van der Waals surface area contributed by atoms with Gasteiger partial charge in [0.2, 0.25) is 0 Å². The van der Waals surface area contributed by atoms with E-state index in [1.807, 2.05) is 0 Å². The van der Waals surface area contributed by atoms with Gasteiger partial charge in [-0.05, 0) is 24.5 Å². The molecule has 0 atom stereocenters. The third kappa shape index (κ3) is 3.27. The smallest absolute Gasteiger partial charge is 0.0326 e. The van der Waals surface area contributed by atoms with Gasteiger partial charge in [0.25, 0.3) is 0 Å². The zero-order valence-corrected chi connectivity index (χ0v) is 11.3. The van der Waals surface area contributed by atoms with Gasteiger partial charge in [-0.3, -0.25) is 4.90 Å². The summed E-state index contributed by atoms with van der Waals surface area (Å²) in [5.74, 6) is 0. The molecule has 1 aliphatic heterocycles. The van der Waals surface area contributed by atoms with Crippen LogP contribution in [-0.4, -0.2) is 36.0 Å². The van der Waals surface area contributed by atoms with E-state index in [1.165, 1.54) is 11.3 Å². The van der Waals surface area contributed by atoms with Crippen molar-refractivity contribution in [1.82, 2.24) is 9.80 Å². The summed E-state index contributed by atoms with van der Waals surface area (Å²) in [6.07, 6.45) is 10.1. The molecule has 1 radical (unpaired) electrons. The van der Waals surface area contributed by atoms with Gasteiger partial charge in [-0.15, -0.1) is 0 Å². The molecule has 1 aromatic carbocycles. The third-order valence-electron chi connectivity index (χ3n) is 3.84. The van der Waals surface area contributed by atoms with Gasteiger partial charge in [-0.1, -0.05) is 42.5 Å². The Kier molecular flexibility index (Phi) is 3.99. The first-order valence-corrected chi connectivity index (χ1v) is 7.13. The number of benzene rings is 1. The molecular weight excluding hydrogens is 232 g/mol. The van der Waals surface area contributed by atoms with Crippen LogP contribution in [0.2, 0.25) is 0 Å². The van der Waals surface area contributed by atoms with Gasteiger partial charge in [0.1, 0.15) is 0 Å². The Morgan fingerprint density at radius 3 is 2.42 bits per heavy atom. The summed E-state index contributed by atoms with van der Waals surface area (Å²) < 4.78 is 0. The molecule has 2 nitrogen and oxygen atoms in total. The minimum Gasteiger partial charge on any atom is -0.369 e. The molecule has 3 rings (SSSR count). The highest BCUT2D eigenvalue weighted by atomic mass is 15.3. The van der Waals surface area contributed by atoms with Crippen molar-refractivity contribution in [2.24, 2.45) is 0 Å². The molecule has 0 spiro atoms. The number of rotatable bonds is 3. The molecule has 19 heavy (non-hydrogen) atoms. The van der Waals surface area contributed by atoms with E-state index < -0.39 is 0 Å². The first-order valence-electron chi connectivity index (χ1n) is 7.13. The van der Waals surface area contributed by atoms with E-state index in [0.717, 1.165) is 39.1 Å². The minimum absolute atomic E-state index is 1.08. The van der Waals surface area contributed by atoms with Crippen molar-refractivity contribution < 1.29 is 0 Å². The maximum absolute atomic E-state index is 2.54. The summed E-state index contributed by atoms with van der Waals surface area (Å²) in [5, 5.41) is 0. The van der Waals surface area contributed by atoms with Crippen LogP contribution in [0.25, 0.3) is 0 Å². The lowest BCUT2D eigenvalue weighted by Crippen LogP contribution is -2.45. The zero-order chi connectivity index (χ0) is 12.9. The standard InChI is InChI=1S/C17H21N2/c1-3-7-16(8-4-1)15-18-11-13-19(14-12-18)17-9-5-2-6-10-17/h1,3-10H,2,11-15H2. The molecule has 1 aliphatic carbocycles. The van der Waals surface area contributed by atoms with Crippen LogP contribution >= 0.6 is 0 Å². The number of piperazine rings is 1. The van der Waals surface area contributed by atoms with Crippen LogP contribution in [0.1, 0.15) is 12.0 Å². The lowest BCUT2D eigenvalue weighted by atomic mass is 10.1. The summed E-state index contributed by atoms with van der Waals surface area (Å²) in [7, 11) is 0. The average molecular weight is 253 g/mol. The lowest BCUT2D eigenvalue weighted by molar-refractivity contribution is 0.155. The Morgan fingerprint density at radius 2 is 1.74 bits per heavy atom. The SMILES string of the molecule is [CH]1C=C(N2CCN(Cc3ccccc3)CC2)C=CC1. The number of hydrogen-bond donors (Lipinski definition) is 0. The van der Waals surface area contributed by atoms with Crippen molar-refractivity contribution in [1.29, 1.82) is 0 Å². The van der Waals surface area contributed by atoms with Gasteiger partial charge in [-0.25, -0.2) is 0 Å². The second-order valence-corrected chi connectivity index (χ2v) is 5.21. The minimum atomic E-state index is 1.08. The van der Waals surface area contributed by atoms with E-state index in [1.54, 1.807) is 0 Å². The molecule has 1 saturated heterocycles. The van der Waals surface area contributed by atoms with Crippen LogP contribution in [0.4, 0.5) is 0 Å². The molecule has 2 aliphatic rings. The first-order chi connectivity index (χ1) is 9.42. The maximum Gasteiger partial charge on any atom is 0.0326 e. The summed E-state index contributed by atoms with van der Waals surface area (Å²) in [6.45, 7) is 5.66. The van der Waals surface area contributed by atoms with Gasteiger partial charge < -0.3 is 4.90 Å². The Bertz CT molecular complexity index is 453. The molecule has 0 saturated carbocycles. The fourth-order valence-corrected chi connectivity index (χ4v) is 2.73. The van der Waals surface area contributed by atoms with Crippen molar-refractivity contribution in [3.05, 3.63) is 66.2 Å². The molecule has 0 amide bonds. The fourth-order valence-electron chi connectivity index (χ4n) is 2.73. The van der Waals surface area contributed by atoms with Gasteiger partial charge in [0.05, 0.1) is 0 Å². The molecule has 0 N–H and O–H groups in total. The van der Waals surface area contributed by atoms with E-state index in [4.69, 9.17) is 0 Å². The van der Waals surface area contributed by atoms with E-state index >= 15 is 0 Å². The topological polar surface area (TPSA) is 6.48 Å². The third-order valence-corrected chi connectivity index (χ3v) is 3.84. The molecule has 1 aromatic rings. The molecular formula is C17H21N2. The average Bonchev–Trinajstić information content (AvgIpc) is 2.50. The van der Waals surface area contributed by atoms with Gasteiger partial charge in [0.15, 0.2) is 0 Å². The number of allylic oxidation sites excluding steroid dienone is 3. The molecule has 99 valence electrons. The maximum atomic E-state index is 2.54. The van der Waals surface area contributed by atoms with Crippen LogP contribution in [0, 0.1) is 6.42 Å². The van der Waals surface area contributed by atoms with Crippen molar-refractivity contribution in [3.63, 3.8) is 0 Å². The Hall–Kier alpha value is -1.54. The van der Waals surface area contributed by atoms with Crippen LogP contribution in [0.3, 0.4) is 0 Å². The lowest BCUT2D eigenvalue weighted by Gasteiger charge is -2.37. The van der Waals surface area contributed by atoms with E-state index in [9.17, 15) is 0 Å². The van der Waals surface area contributed by atoms with Crippen LogP contribution < -0.4 is 0 Å². The van der Waals surface area contributed by atoms with Gasteiger partial charge in [0, 0.05) is 38.4 Å². The quantitative estimate of drug-likeness (QED) is 0.817. The predicted octanol–water partition coefficient (Wildman–Crippen LogP) is 2.85.